The predicted molar refractivity (Wildman–Crippen MR) is 92.5 cm³/mol. The Morgan fingerprint density at radius 2 is 1.62 bits per heavy atom. The first kappa shape index (κ1) is 14.8. The molecule has 1 saturated carbocycles. The van der Waals surface area contributed by atoms with Gasteiger partial charge in [-0.2, -0.15) is 5.10 Å². The molecule has 0 saturated heterocycles. The zero-order chi connectivity index (χ0) is 16.4. The van der Waals surface area contributed by atoms with Crippen molar-refractivity contribution < 1.29 is 9.47 Å². The Morgan fingerprint density at radius 1 is 0.958 bits per heavy atom. The third-order valence-corrected chi connectivity index (χ3v) is 4.15. The van der Waals surface area contributed by atoms with E-state index in [2.05, 4.69) is 11.2 Å². The lowest BCUT2D eigenvalue weighted by atomic mass is 10.2. The Morgan fingerprint density at radius 3 is 2.33 bits per heavy atom. The second-order valence-corrected chi connectivity index (χ2v) is 6.13. The van der Waals surface area contributed by atoms with Gasteiger partial charge in [0.2, 0.25) is 0 Å². The number of hydrogen-bond donors (Lipinski definition) is 0. The molecule has 1 aliphatic carbocycles. The van der Waals surface area contributed by atoms with Crippen LogP contribution >= 0.6 is 0 Å². The largest absolute Gasteiger partial charge is 0.487 e. The molecule has 2 aromatic carbocycles. The maximum absolute atomic E-state index is 5.83. The molecule has 0 amide bonds. The molecule has 1 aliphatic rings. The number of aryl methyl sites for hydroxylation is 1. The van der Waals surface area contributed by atoms with Gasteiger partial charge in [0, 0.05) is 18.7 Å². The third kappa shape index (κ3) is 3.43. The Hall–Kier alpha value is -2.75. The molecule has 0 N–H and O–H groups in total. The van der Waals surface area contributed by atoms with Gasteiger partial charge in [0.05, 0.1) is 0 Å². The molecule has 0 unspecified atom stereocenters. The molecule has 122 valence electrons. The minimum atomic E-state index is 0.486. The summed E-state index contributed by atoms with van der Waals surface area (Å²) < 4.78 is 13.6. The van der Waals surface area contributed by atoms with Crippen LogP contribution < -0.4 is 9.47 Å². The van der Waals surface area contributed by atoms with Crippen molar-refractivity contribution in [2.75, 3.05) is 0 Å². The molecule has 0 spiro atoms. The van der Waals surface area contributed by atoms with Gasteiger partial charge in [-0.1, -0.05) is 18.2 Å². The van der Waals surface area contributed by atoms with Crippen LogP contribution in [0.1, 0.15) is 30.1 Å². The molecule has 3 aromatic rings. The average molecular weight is 320 g/mol. The number of hydrogen-bond acceptors (Lipinski definition) is 3. The second-order valence-electron chi connectivity index (χ2n) is 6.13. The SMILES string of the molecule is Cn1nc(COc2ccc(Oc3ccccc3)cc2)cc1C1CC1. The zero-order valence-corrected chi connectivity index (χ0v) is 13.7. The molecule has 1 fully saturated rings. The van der Waals surface area contributed by atoms with E-state index in [0.717, 1.165) is 22.9 Å². The molecule has 24 heavy (non-hydrogen) atoms. The first-order valence-electron chi connectivity index (χ1n) is 8.26. The summed E-state index contributed by atoms with van der Waals surface area (Å²) in [7, 11) is 2.01. The van der Waals surface area contributed by atoms with Gasteiger partial charge in [0.15, 0.2) is 0 Å². The van der Waals surface area contributed by atoms with Crippen molar-refractivity contribution in [3.05, 3.63) is 72.1 Å². The minimum Gasteiger partial charge on any atom is -0.487 e. The van der Waals surface area contributed by atoms with Crippen LogP contribution in [-0.2, 0) is 13.7 Å². The quantitative estimate of drug-likeness (QED) is 0.662. The number of aromatic nitrogens is 2. The summed E-state index contributed by atoms with van der Waals surface area (Å²) in [5.41, 5.74) is 2.30. The van der Waals surface area contributed by atoms with E-state index in [4.69, 9.17) is 9.47 Å². The van der Waals surface area contributed by atoms with Crippen LogP contribution in [0.3, 0.4) is 0 Å². The molecular formula is C20H20N2O2. The van der Waals surface area contributed by atoms with Gasteiger partial charge in [-0.15, -0.1) is 0 Å². The highest BCUT2D eigenvalue weighted by atomic mass is 16.5. The molecular weight excluding hydrogens is 300 g/mol. The Labute approximate surface area is 141 Å². The van der Waals surface area contributed by atoms with Crippen LogP contribution in [0, 0.1) is 0 Å². The number of para-hydroxylation sites is 1. The number of ether oxygens (including phenoxy) is 2. The van der Waals surface area contributed by atoms with Crippen LogP contribution in [0.4, 0.5) is 0 Å². The summed E-state index contributed by atoms with van der Waals surface area (Å²) >= 11 is 0. The fourth-order valence-electron chi connectivity index (χ4n) is 2.76. The first-order chi connectivity index (χ1) is 11.8. The monoisotopic (exact) mass is 320 g/mol. The third-order valence-electron chi connectivity index (χ3n) is 4.15. The number of nitrogens with zero attached hydrogens (tertiary/aromatic N) is 2. The minimum absolute atomic E-state index is 0.486. The van der Waals surface area contributed by atoms with Crippen molar-refractivity contribution in [1.82, 2.24) is 9.78 Å². The van der Waals surface area contributed by atoms with E-state index in [-0.39, 0.29) is 0 Å². The molecule has 0 atom stereocenters. The van der Waals surface area contributed by atoms with Crippen molar-refractivity contribution >= 4 is 0 Å². The van der Waals surface area contributed by atoms with Crippen LogP contribution in [-0.4, -0.2) is 9.78 Å². The molecule has 4 rings (SSSR count). The normalized spacial score (nSPS) is 13.7. The summed E-state index contributed by atoms with van der Waals surface area (Å²) in [5.74, 6) is 3.13. The maximum Gasteiger partial charge on any atom is 0.132 e. The highest BCUT2D eigenvalue weighted by Gasteiger charge is 2.27. The van der Waals surface area contributed by atoms with Gasteiger partial charge in [-0.25, -0.2) is 0 Å². The average Bonchev–Trinajstić information content (AvgIpc) is 3.38. The Bertz CT molecular complexity index is 805. The molecule has 4 nitrogen and oxygen atoms in total. The van der Waals surface area contributed by atoms with Crippen LogP contribution in [0.25, 0.3) is 0 Å². The Kier molecular flexibility index (Phi) is 3.95. The van der Waals surface area contributed by atoms with Gasteiger partial charge >= 0.3 is 0 Å². The van der Waals surface area contributed by atoms with E-state index in [1.807, 2.05) is 66.3 Å². The first-order valence-corrected chi connectivity index (χ1v) is 8.26. The van der Waals surface area contributed by atoms with Gasteiger partial charge < -0.3 is 9.47 Å². The van der Waals surface area contributed by atoms with E-state index < -0.39 is 0 Å². The van der Waals surface area contributed by atoms with Crippen molar-refractivity contribution in [2.24, 2.45) is 7.05 Å². The van der Waals surface area contributed by atoms with E-state index in [1.165, 1.54) is 18.5 Å². The number of rotatable bonds is 6. The highest BCUT2D eigenvalue weighted by Crippen LogP contribution is 2.40. The van der Waals surface area contributed by atoms with Crippen LogP contribution in [0.5, 0.6) is 17.2 Å². The second kappa shape index (κ2) is 6.40. The van der Waals surface area contributed by atoms with Gasteiger partial charge in [-0.05, 0) is 55.3 Å². The van der Waals surface area contributed by atoms with E-state index >= 15 is 0 Å². The lowest BCUT2D eigenvalue weighted by Crippen LogP contribution is -1.99. The smallest absolute Gasteiger partial charge is 0.132 e. The fraction of sp³-hybridized carbons (Fsp3) is 0.250. The summed E-state index contributed by atoms with van der Waals surface area (Å²) in [4.78, 5) is 0. The summed E-state index contributed by atoms with van der Waals surface area (Å²) in [6.07, 6.45) is 2.56. The lowest BCUT2D eigenvalue weighted by Gasteiger charge is -2.07. The van der Waals surface area contributed by atoms with E-state index in [1.54, 1.807) is 0 Å². The standard InChI is InChI=1S/C20H20N2O2/c1-22-20(15-7-8-15)13-16(21-22)14-23-17-9-11-19(12-10-17)24-18-5-3-2-4-6-18/h2-6,9-13,15H,7-8,14H2,1H3. The molecule has 1 heterocycles. The maximum atomic E-state index is 5.83. The van der Waals surface area contributed by atoms with Crippen LogP contribution in [0.15, 0.2) is 60.7 Å². The molecule has 0 bridgehead atoms. The summed E-state index contributed by atoms with van der Waals surface area (Å²) in [5, 5.41) is 4.53. The predicted octanol–water partition coefficient (Wildman–Crippen LogP) is 4.67. The van der Waals surface area contributed by atoms with Crippen molar-refractivity contribution in [3.8, 4) is 17.2 Å². The highest BCUT2D eigenvalue weighted by molar-refractivity contribution is 5.35. The molecule has 0 aliphatic heterocycles. The zero-order valence-electron chi connectivity index (χ0n) is 13.7. The van der Waals surface area contributed by atoms with Crippen LogP contribution in [0.2, 0.25) is 0 Å². The van der Waals surface area contributed by atoms with Crippen molar-refractivity contribution in [3.63, 3.8) is 0 Å². The van der Waals surface area contributed by atoms with Gasteiger partial charge in [0.1, 0.15) is 29.5 Å². The van der Waals surface area contributed by atoms with Gasteiger partial charge in [-0.3, -0.25) is 4.68 Å². The van der Waals surface area contributed by atoms with Gasteiger partial charge in [0.25, 0.3) is 0 Å². The number of benzene rings is 2. The van der Waals surface area contributed by atoms with Crippen molar-refractivity contribution in [2.45, 2.75) is 25.4 Å². The summed E-state index contributed by atoms with van der Waals surface area (Å²) in [6, 6.07) is 19.6. The molecule has 0 radical (unpaired) electrons. The van der Waals surface area contributed by atoms with Crippen molar-refractivity contribution in [1.29, 1.82) is 0 Å². The Balaban J connectivity index is 1.36. The van der Waals surface area contributed by atoms with E-state index in [9.17, 15) is 0 Å². The fourth-order valence-corrected chi connectivity index (χ4v) is 2.76. The van der Waals surface area contributed by atoms with E-state index in [0.29, 0.717) is 12.5 Å². The molecule has 1 aromatic heterocycles. The lowest BCUT2D eigenvalue weighted by molar-refractivity contribution is 0.299. The topological polar surface area (TPSA) is 36.3 Å². The molecule has 4 heteroatoms. The summed E-state index contributed by atoms with van der Waals surface area (Å²) in [6.45, 7) is 0.486.